The van der Waals surface area contributed by atoms with Crippen molar-refractivity contribution in [2.24, 2.45) is 0 Å². The monoisotopic (exact) mass is 434 g/mol. The number of benzene rings is 2. The van der Waals surface area contributed by atoms with E-state index in [4.69, 9.17) is 9.47 Å². The van der Waals surface area contributed by atoms with Crippen LogP contribution in [0.3, 0.4) is 0 Å². The lowest BCUT2D eigenvalue weighted by molar-refractivity contribution is -0.130. The second-order valence-corrected chi connectivity index (χ2v) is 8.32. The number of ether oxygens (including phenoxy) is 2. The lowest BCUT2D eigenvalue weighted by Crippen LogP contribution is -2.35. The molecule has 1 saturated heterocycles. The van der Waals surface area contributed by atoms with Crippen LogP contribution in [0, 0.1) is 0 Å². The average molecular weight is 435 g/mol. The number of carbonyl (C=O) groups excluding carboxylic acids is 1. The van der Waals surface area contributed by atoms with Crippen LogP contribution in [0.15, 0.2) is 47.4 Å². The molecule has 1 fully saturated rings. The molecule has 2 aliphatic rings. The van der Waals surface area contributed by atoms with E-state index in [0.29, 0.717) is 36.4 Å². The highest BCUT2D eigenvalue weighted by atomic mass is 32.2. The predicted molar refractivity (Wildman–Crippen MR) is 113 cm³/mol. The molecule has 0 bridgehead atoms. The normalized spacial score (nSPS) is 18.4. The van der Waals surface area contributed by atoms with Crippen LogP contribution >= 0.6 is 11.8 Å². The summed E-state index contributed by atoms with van der Waals surface area (Å²) >= 11 is 0.505. The van der Waals surface area contributed by atoms with Gasteiger partial charge in [-0.25, -0.2) is 0 Å². The van der Waals surface area contributed by atoms with E-state index in [2.05, 4.69) is 5.32 Å². The molecular weight excluding hydrogens is 410 g/mol. The van der Waals surface area contributed by atoms with Crippen molar-refractivity contribution >= 4 is 23.4 Å². The number of rotatable bonds is 6. The van der Waals surface area contributed by atoms with Crippen molar-refractivity contribution < 1.29 is 23.0 Å². The van der Waals surface area contributed by atoms with Gasteiger partial charge in [0.25, 0.3) is 5.76 Å². The number of nitrogens with one attached hydrogen (secondary N) is 1. The summed E-state index contributed by atoms with van der Waals surface area (Å²) in [5.74, 6) is -0.940. The highest BCUT2D eigenvalue weighted by molar-refractivity contribution is 7.99. The SMILES string of the molecule is O=C(CNc1ccc(SC(F)F)cc1)N1CCC[C@@H]1c1ccc2c(c1)OCCCO2. The first kappa shape index (κ1) is 20.8. The van der Waals surface area contributed by atoms with Gasteiger partial charge in [-0.2, -0.15) is 8.78 Å². The summed E-state index contributed by atoms with van der Waals surface area (Å²) in [4.78, 5) is 15.3. The number of alkyl halides is 2. The van der Waals surface area contributed by atoms with Gasteiger partial charge in [-0.3, -0.25) is 4.79 Å². The Labute approximate surface area is 178 Å². The summed E-state index contributed by atoms with van der Waals surface area (Å²) in [6.45, 7) is 2.14. The maximum Gasteiger partial charge on any atom is 0.288 e. The third-order valence-corrected chi connectivity index (χ3v) is 5.98. The molecule has 1 N–H and O–H groups in total. The van der Waals surface area contributed by atoms with Crippen molar-refractivity contribution in [3.8, 4) is 11.5 Å². The fourth-order valence-electron chi connectivity index (χ4n) is 3.83. The third kappa shape index (κ3) is 4.98. The van der Waals surface area contributed by atoms with Gasteiger partial charge >= 0.3 is 0 Å². The molecule has 5 nitrogen and oxygen atoms in total. The molecular formula is C22H24F2N2O3S. The lowest BCUT2D eigenvalue weighted by Gasteiger charge is -2.26. The van der Waals surface area contributed by atoms with Gasteiger partial charge in [0, 0.05) is 23.5 Å². The summed E-state index contributed by atoms with van der Waals surface area (Å²) in [6.07, 6.45) is 2.71. The fraction of sp³-hybridized carbons (Fsp3) is 0.409. The van der Waals surface area contributed by atoms with Crippen LogP contribution in [-0.2, 0) is 4.79 Å². The number of likely N-dealkylation sites (tertiary alicyclic amines) is 1. The van der Waals surface area contributed by atoms with Crippen molar-refractivity contribution in [1.82, 2.24) is 4.90 Å². The molecule has 30 heavy (non-hydrogen) atoms. The molecule has 1 atom stereocenters. The van der Waals surface area contributed by atoms with Crippen molar-refractivity contribution in [1.29, 1.82) is 0 Å². The number of carbonyl (C=O) groups is 1. The zero-order chi connectivity index (χ0) is 20.9. The largest absolute Gasteiger partial charge is 0.490 e. The van der Waals surface area contributed by atoms with Crippen molar-refractivity contribution in [2.45, 2.75) is 36.0 Å². The summed E-state index contributed by atoms with van der Waals surface area (Å²) in [7, 11) is 0. The van der Waals surface area contributed by atoms with Gasteiger partial charge in [0.05, 0.1) is 25.8 Å². The Bertz CT molecular complexity index is 879. The van der Waals surface area contributed by atoms with E-state index < -0.39 is 5.76 Å². The van der Waals surface area contributed by atoms with Crippen LogP contribution < -0.4 is 14.8 Å². The van der Waals surface area contributed by atoms with E-state index in [1.54, 1.807) is 24.3 Å². The molecule has 0 aromatic heterocycles. The Balaban J connectivity index is 1.38. The molecule has 0 unspecified atom stereocenters. The summed E-state index contributed by atoms with van der Waals surface area (Å²) in [5.41, 5.74) is 1.78. The van der Waals surface area contributed by atoms with E-state index in [-0.39, 0.29) is 18.5 Å². The Kier molecular flexibility index (Phi) is 6.62. The number of amides is 1. The van der Waals surface area contributed by atoms with Crippen LogP contribution in [0.1, 0.15) is 30.9 Å². The first-order valence-electron chi connectivity index (χ1n) is 10.1. The molecule has 0 saturated carbocycles. The molecule has 2 aromatic rings. The fourth-order valence-corrected chi connectivity index (χ4v) is 4.33. The average Bonchev–Trinajstić information content (AvgIpc) is 3.11. The van der Waals surface area contributed by atoms with Crippen LogP contribution in [0.5, 0.6) is 11.5 Å². The topological polar surface area (TPSA) is 50.8 Å². The number of halogens is 2. The zero-order valence-electron chi connectivity index (χ0n) is 16.5. The van der Waals surface area contributed by atoms with Crippen molar-refractivity contribution in [3.63, 3.8) is 0 Å². The second-order valence-electron chi connectivity index (χ2n) is 7.26. The molecule has 2 aliphatic heterocycles. The predicted octanol–water partition coefficient (Wildman–Crippen LogP) is 4.94. The van der Waals surface area contributed by atoms with Crippen LogP contribution in [0.25, 0.3) is 0 Å². The molecule has 0 radical (unpaired) electrons. The molecule has 0 spiro atoms. The maximum absolute atomic E-state index is 12.9. The van der Waals surface area contributed by atoms with Gasteiger partial charge < -0.3 is 19.7 Å². The minimum absolute atomic E-state index is 0.00985. The number of anilines is 1. The quantitative estimate of drug-likeness (QED) is 0.653. The van der Waals surface area contributed by atoms with Gasteiger partial charge in [0.1, 0.15) is 0 Å². The van der Waals surface area contributed by atoms with Crippen LogP contribution in [0.4, 0.5) is 14.5 Å². The van der Waals surface area contributed by atoms with E-state index in [1.807, 2.05) is 23.1 Å². The molecule has 8 heteroatoms. The minimum atomic E-state index is -2.44. The third-order valence-electron chi connectivity index (χ3n) is 5.25. The second kappa shape index (κ2) is 9.55. The highest BCUT2D eigenvalue weighted by Gasteiger charge is 2.30. The smallest absolute Gasteiger partial charge is 0.288 e. The Morgan fingerprint density at radius 2 is 1.87 bits per heavy atom. The maximum atomic E-state index is 12.9. The molecule has 2 heterocycles. The summed E-state index contributed by atoms with van der Waals surface area (Å²) < 4.78 is 36.3. The lowest BCUT2D eigenvalue weighted by atomic mass is 10.0. The molecule has 160 valence electrons. The van der Waals surface area contributed by atoms with E-state index in [1.165, 1.54) is 0 Å². The van der Waals surface area contributed by atoms with E-state index >= 15 is 0 Å². The first-order chi connectivity index (χ1) is 14.6. The van der Waals surface area contributed by atoms with Gasteiger partial charge in [0.15, 0.2) is 11.5 Å². The summed E-state index contributed by atoms with van der Waals surface area (Å²) in [6, 6.07) is 12.6. The number of hydrogen-bond donors (Lipinski definition) is 1. The highest BCUT2D eigenvalue weighted by Crippen LogP contribution is 2.38. The Morgan fingerprint density at radius 3 is 2.63 bits per heavy atom. The van der Waals surface area contributed by atoms with E-state index in [9.17, 15) is 13.6 Å². The summed E-state index contributed by atoms with van der Waals surface area (Å²) in [5, 5.41) is 3.10. The first-order valence-corrected chi connectivity index (χ1v) is 11.0. The zero-order valence-corrected chi connectivity index (χ0v) is 17.3. The standard InChI is InChI=1S/C22H24F2N2O3S/c23-22(24)30-17-7-5-16(6-8-17)25-14-21(27)26-10-1-3-18(26)15-4-9-19-20(13-15)29-12-2-11-28-19/h4-9,13,18,22,25H,1-3,10-12,14H2/t18-/m1/s1. The molecule has 2 aromatic carbocycles. The van der Waals surface area contributed by atoms with Crippen LogP contribution in [-0.4, -0.2) is 42.9 Å². The number of fused-ring (bicyclic) bond motifs is 1. The molecule has 4 rings (SSSR count). The van der Waals surface area contributed by atoms with Gasteiger partial charge in [0.2, 0.25) is 5.91 Å². The number of thioether (sulfide) groups is 1. The molecule has 0 aliphatic carbocycles. The van der Waals surface area contributed by atoms with Gasteiger partial charge in [-0.05, 0) is 54.8 Å². The number of hydrogen-bond acceptors (Lipinski definition) is 5. The Hall–Kier alpha value is -2.48. The Morgan fingerprint density at radius 1 is 1.10 bits per heavy atom. The number of nitrogens with zero attached hydrogens (tertiary/aromatic N) is 1. The van der Waals surface area contributed by atoms with E-state index in [0.717, 1.165) is 42.0 Å². The van der Waals surface area contributed by atoms with Gasteiger partial charge in [-0.15, -0.1) is 0 Å². The molecule has 1 amide bonds. The van der Waals surface area contributed by atoms with Crippen molar-refractivity contribution in [2.75, 3.05) is 31.6 Å². The minimum Gasteiger partial charge on any atom is -0.490 e. The van der Waals surface area contributed by atoms with Crippen LogP contribution in [0.2, 0.25) is 0 Å². The van der Waals surface area contributed by atoms with Gasteiger partial charge in [-0.1, -0.05) is 17.8 Å². The van der Waals surface area contributed by atoms with Crippen molar-refractivity contribution in [3.05, 3.63) is 48.0 Å².